The smallest absolute Gasteiger partial charge is 0.234 e. The summed E-state index contributed by atoms with van der Waals surface area (Å²) in [5.41, 5.74) is 6.14. The van der Waals surface area contributed by atoms with Gasteiger partial charge in [-0.15, -0.1) is 0 Å². The molecule has 1 aliphatic carbocycles. The Labute approximate surface area is 113 Å². The molecule has 2 aliphatic rings. The van der Waals surface area contributed by atoms with Gasteiger partial charge in [0.25, 0.3) is 0 Å². The van der Waals surface area contributed by atoms with Crippen LogP contribution in [0, 0.1) is 0 Å². The Bertz CT molecular complexity index is 428. The molecule has 0 radical (unpaired) electrons. The zero-order valence-electron chi connectivity index (χ0n) is 11.6. The summed E-state index contributed by atoms with van der Waals surface area (Å²) < 4.78 is 10.9. The zero-order valence-corrected chi connectivity index (χ0v) is 11.6. The maximum Gasteiger partial charge on any atom is 0.234 e. The van der Waals surface area contributed by atoms with Crippen molar-refractivity contribution in [2.75, 3.05) is 13.2 Å². The highest BCUT2D eigenvalue weighted by Crippen LogP contribution is 2.38. The van der Waals surface area contributed by atoms with E-state index in [1.54, 1.807) is 0 Å². The first-order valence-electron chi connectivity index (χ1n) is 7.37. The molecule has 2 atom stereocenters. The molecule has 5 nitrogen and oxygen atoms in total. The molecule has 2 heterocycles. The van der Waals surface area contributed by atoms with E-state index in [4.69, 9.17) is 15.0 Å². The Morgan fingerprint density at radius 3 is 2.74 bits per heavy atom. The molecule has 106 valence electrons. The normalized spacial score (nSPS) is 33.5. The van der Waals surface area contributed by atoms with Crippen LogP contribution in [0.3, 0.4) is 0 Å². The maximum absolute atomic E-state index is 6.29. The lowest BCUT2D eigenvalue weighted by atomic mass is 9.72. The minimum Gasteiger partial charge on any atom is -0.381 e. The first-order valence-corrected chi connectivity index (χ1v) is 7.37. The van der Waals surface area contributed by atoms with Gasteiger partial charge in [0.05, 0.1) is 5.41 Å². The monoisotopic (exact) mass is 265 g/mol. The lowest BCUT2D eigenvalue weighted by Crippen LogP contribution is -2.45. The van der Waals surface area contributed by atoms with E-state index >= 15 is 0 Å². The molecule has 2 fully saturated rings. The van der Waals surface area contributed by atoms with Crippen molar-refractivity contribution in [3.63, 3.8) is 0 Å². The third-order valence-electron chi connectivity index (χ3n) is 4.80. The molecule has 0 aromatic carbocycles. The van der Waals surface area contributed by atoms with Crippen LogP contribution in [0.5, 0.6) is 0 Å². The highest BCUT2D eigenvalue weighted by molar-refractivity contribution is 5.11. The fourth-order valence-electron chi connectivity index (χ4n) is 3.21. The van der Waals surface area contributed by atoms with E-state index in [1.165, 1.54) is 12.8 Å². The van der Waals surface area contributed by atoms with Crippen molar-refractivity contribution in [3.8, 4) is 0 Å². The third kappa shape index (κ3) is 2.41. The number of rotatable bonds is 2. The van der Waals surface area contributed by atoms with Crippen LogP contribution in [0.2, 0.25) is 0 Å². The predicted octanol–water partition coefficient (Wildman–Crippen LogP) is 2.12. The maximum atomic E-state index is 6.29. The second-order valence-electron chi connectivity index (χ2n) is 6.11. The summed E-state index contributed by atoms with van der Waals surface area (Å²) in [6, 6.07) is 0.129. The van der Waals surface area contributed by atoms with E-state index in [1.807, 2.05) is 0 Å². The predicted molar refractivity (Wildman–Crippen MR) is 70.9 cm³/mol. The number of hydrogen-bond acceptors (Lipinski definition) is 5. The first-order chi connectivity index (χ1) is 9.20. The minimum absolute atomic E-state index is 0.129. The van der Waals surface area contributed by atoms with Gasteiger partial charge in [0.2, 0.25) is 5.89 Å². The van der Waals surface area contributed by atoms with E-state index in [9.17, 15) is 0 Å². The van der Waals surface area contributed by atoms with Gasteiger partial charge in [0.15, 0.2) is 5.82 Å². The molecule has 2 N–H and O–H groups in total. The summed E-state index contributed by atoms with van der Waals surface area (Å²) in [5, 5.41) is 4.20. The fraction of sp³-hybridized carbons (Fsp3) is 0.857. The highest BCUT2D eigenvalue weighted by atomic mass is 16.5. The molecule has 3 rings (SSSR count). The van der Waals surface area contributed by atoms with Gasteiger partial charge in [-0.2, -0.15) is 4.98 Å². The van der Waals surface area contributed by atoms with Crippen LogP contribution in [-0.4, -0.2) is 29.4 Å². The number of hydrogen-bond donors (Lipinski definition) is 1. The van der Waals surface area contributed by atoms with E-state index in [2.05, 4.69) is 17.1 Å². The standard InChI is InChI=1S/C14H23N3O2/c1-14(7-3-2-4-11(14)15)13-16-12(17-19-13)10-5-8-18-9-6-10/h10-11H,2-9,15H2,1H3. The second-order valence-corrected chi connectivity index (χ2v) is 6.11. The molecule has 1 aromatic rings. The van der Waals surface area contributed by atoms with Crippen molar-refractivity contribution >= 4 is 0 Å². The number of ether oxygens (including phenoxy) is 1. The second kappa shape index (κ2) is 5.21. The number of nitrogens with zero attached hydrogens (tertiary/aromatic N) is 2. The molecular formula is C14H23N3O2. The summed E-state index contributed by atoms with van der Waals surface area (Å²) in [4.78, 5) is 4.67. The molecule has 0 amide bonds. The molecular weight excluding hydrogens is 242 g/mol. The quantitative estimate of drug-likeness (QED) is 0.886. The topological polar surface area (TPSA) is 74.2 Å². The van der Waals surface area contributed by atoms with Crippen LogP contribution < -0.4 is 5.73 Å². The number of aromatic nitrogens is 2. The van der Waals surface area contributed by atoms with Crippen molar-refractivity contribution in [1.82, 2.24) is 10.1 Å². The van der Waals surface area contributed by atoms with Crippen molar-refractivity contribution in [2.24, 2.45) is 5.73 Å². The van der Waals surface area contributed by atoms with Crippen LogP contribution in [-0.2, 0) is 10.2 Å². The van der Waals surface area contributed by atoms with Crippen LogP contribution in [0.25, 0.3) is 0 Å². The van der Waals surface area contributed by atoms with Gasteiger partial charge in [-0.3, -0.25) is 0 Å². The molecule has 1 saturated carbocycles. The van der Waals surface area contributed by atoms with E-state index < -0.39 is 0 Å². The van der Waals surface area contributed by atoms with Gasteiger partial charge < -0.3 is 15.0 Å². The highest BCUT2D eigenvalue weighted by Gasteiger charge is 2.41. The van der Waals surface area contributed by atoms with E-state index in [0.717, 1.165) is 50.6 Å². The first kappa shape index (κ1) is 13.1. The van der Waals surface area contributed by atoms with Gasteiger partial charge in [-0.05, 0) is 32.6 Å². The van der Waals surface area contributed by atoms with Crippen molar-refractivity contribution in [2.45, 2.75) is 62.8 Å². The summed E-state index contributed by atoms with van der Waals surface area (Å²) in [5.74, 6) is 1.97. The van der Waals surface area contributed by atoms with Crippen LogP contribution >= 0.6 is 0 Å². The van der Waals surface area contributed by atoms with Gasteiger partial charge >= 0.3 is 0 Å². The molecule has 1 aliphatic heterocycles. The molecule has 1 aromatic heterocycles. The van der Waals surface area contributed by atoms with Gasteiger partial charge in [0, 0.05) is 25.2 Å². The molecule has 5 heteroatoms. The average molecular weight is 265 g/mol. The molecule has 1 saturated heterocycles. The number of nitrogens with two attached hydrogens (primary N) is 1. The Morgan fingerprint density at radius 1 is 1.21 bits per heavy atom. The van der Waals surface area contributed by atoms with Gasteiger partial charge in [-0.1, -0.05) is 18.0 Å². The molecule has 2 unspecified atom stereocenters. The van der Waals surface area contributed by atoms with Crippen LogP contribution in [0.15, 0.2) is 4.52 Å². The van der Waals surface area contributed by atoms with Crippen molar-refractivity contribution in [3.05, 3.63) is 11.7 Å². The average Bonchev–Trinajstić information content (AvgIpc) is 2.94. The zero-order chi connectivity index (χ0) is 13.3. The molecule has 19 heavy (non-hydrogen) atoms. The summed E-state index contributed by atoms with van der Waals surface area (Å²) in [6.45, 7) is 3.76. The van der Waals surface area contributed by atoms with Crippen LogP contribution in [0.1, 0.15) is 63.1 Å². The summed E-state index contributed by atoms with van der Waals surface area (Å²) >= 11 is 0. The fourth-order valence-corrected chi connectivity index (χ4v) is 3.21. The van der Waals surface area contributed by atoms with Crippen molar-refractivity contribution < 1.29 is 9.26 Å². The summed E-state index contributed by atoms with van der Waals surface area (Å²) in [7, 11) is 0. The minimum atomic E-state index is -0.144. The Kier molecular flexibility index (Phi) is 3.58. The Morgan fingerprint density at radius 2 is 2.00 bits per heavy atom. The molecule has 0 spiro atoms. The van der Waals surface area contributed by atoms with Gasteiger partial charge in [0.1, 0.15) is 0 Å². The van der Waals surface area contributed by atoms with Crippen molar-refractivity contribution in [1.29, 1.82) is 0 Å². The van der Waals surface area contributed by atoms with E-state index in [-0.39, 0.29) is 11.5 Å². The lowest BCUT2D eigenvalue weighted by molar-refractivity contribution is 0.0830. The van der Waals surface area contributed by atoms with Gasteiger partial charge in [-0.25, -0.2) is 0 Å². The Hall–Kier alpha value is -0.940. The van der Waals surface area contributed by atoms with Crippen LogP contribution in [0.4, 0.5) is 0 Å². The lowest BCUT2D eigenvalue weighted by Gasteiger charge is -2.36. The Balaban J connectivity index is 1.79. The van der Waals surface area contributed by atoms with E-state index in [0.29, 0.717) is 5.92 Å². The summed E-state index contributed by atoms with van der Waals surface area (Å²) in [6.07, 6.45) is 6.47. The third-order valence-corrected chi connectivity index (χ3v) is 4.80. The largest absolute Gasteiger partial charge is 0.381 e. The molecule has 0 bridgehead atoms. The SMILES string of the molecule is CC1(c2nc(C3CCOCC3)no2)CCCCC1N.